The molecule has 1 saturated heterocycles. The van der Waals surface area contributed by atoms with Gasteiger partial charge in [-0.05, 0) is 42.7 Å². The summed E-state index contributed by atoms with van der Waals surface area (Å²) in [5.74, 6) is -0.339. The zero-order chi connectivity index (χ0) is 23.7. The number of nitrogens with one attached hydrogen (secondary N) is 1. The molecule has 0 unspecified atom stereocenters. The zero-order valence-corrected chi connectivity index (χ0v) is 19.8. The molecular formula is C24H29FN4O4S. The molecule has 0 bridgehead atoms. The van der Waals surface area contributed by atoms with E-state index in [1.807, 2.05) is 4.90 Å². The fourth-order valence-corrected chi connectivity index (χ4v) is 7.18. The first-order valence-electron chi connectivity index (χ1n) is 11.8. The smallest absolute Gasteiger partial charge is 0.238 e. The van der Waals surface area contributed by atoms with E-state index in [9.17, 15) is 17.6 Å². The molecule has 1 aromatic heterocycles. The third-order valence-electron chi connectivity index (χ3n) is 7.00. The van der Waals surface area contributed by atoms with Gasteiger partial charge in [-0.25, -0.2) is 13.4 Å². The van der Waals surface area contributed by atoms with E-state index in [1.54, 1.807) is 34.6 Å². The Labute approximate surface area is 199 Å². The predicted molar refractivity (Wildman–Crippen MR) is 126 cm³/mol. The molecule has 1 atom stereocenters. The van der Waals surface area contributed by atoms with Crippen LogP contribution in [0.15, 0.2) is 36.5 Å². The Bertz CT molecular complexity index is 1170. The molecule has 2 aliphatic heterocycles. The van der Waals surface area contributed by atoms with Crippen LogP contribution in [-0.4, -0.2) is 72.6 Å². The Morgan fingerprint density at radius 1 is 1.12 bits per heavy atom. The number of rotatable bonds is 3. The number of halogens is 1. The van der Waals surface area contributed by atoms with Crippen LogP contribution < -0.4 is 10.1 Å². The van der Waals surface area contributed by atoms with E-state index >= 15 is 0 Å². The fourth-order valence-electron chi connectivity index (χ4n) is 5.12. The molecular weight excluding hydrogens is 459 g/mol. The number of anilines is 1. The van der Waals surface area contributed by atoms with E-state index in [4.69, 9.17) is 4.74 Å². The number of carbonyl (C=O) groups is 1. The Morgan fingerprint density at radius 3 is 2.74 bits per heavy atom. The van der Waals surface area contributed by atoms with Gasteiger partial charge in [0.05, 0.1) is 23.5 Å². The summed E-state index contributed by atoms with van der Waals surface area (Å²) in [6.45, 7) is 1.53. The van der Waals surface area contributed by atoms with Crippen molar-refractivity contribution in [2.45, 2.75) is 43.4 Å². The number of sulfonamides is 1. The maximum Gasteiger partial charge on any atom is 0.238 e. The van der Waals surface area contributed by atoms with Crippen molar-refractivity contribution in [1.82, 2.24) is 14.2 Å². The lowest BCUT2D eigenvalue weighted by atomic mass is 10.0. The maximum absolute atomic E-state index is 14.2. The van der Waals surface area contributed by atoms with Crippen LogP contribution >= 0.6 is 0 Å². The topological polar surface area (TPSA) is 91.8 Å². The molecule has 1 saturated carbocycles. The molecule has 1 aliphatic carbocycles. The van der Waals surface area contributed by atoms with Gasteiger partial charge < -0.3 is 10.1 Å². The lowest BCUT2D eigenvalue weighted by molar-refractivity contribution is -0.118. The highest BCUT2D eigenvalue weighted by Gasteiger charge is 2.39. The molecule has 5 rings (SSSR count). The third-order valence-corrected chi connectivity index (χ3v) is 9.37. The predicted octanol–water partition coefficient (Wildman–Crippen LogP) is 2.87. The number of fused-ring (bicyclic) bond motifs is 2. The van der Waals surface area contributed by atoms with Crippen molar-refractivity contribution < 1.29 is 22.3 Å². The van der Waals surface area contributed by atoms with Crippen LogP contribution in [-0.2, 0) is 14.8 Å². The maximum atomic E-state index is 14.2. The lowest BCUT2D eigenvalue weighted by Gasteiger charge is -2.41. The van der Waals surface area contributed by atoms with Gasteiger partial charge in [-0.1, -0.05) is 25.3 Å². The number of piperazine rings is 1. The van der Waals surface area contributed by atoms with Gasteiger partial charge in [-0.3, -0.25) is 9.69 Å². The minimum absolute atomic E-state index is 0.135. The number of pyridine rings is 1. The van der Waals surface area contributed by atoms with Crippen molar-refractivity contribution in [3.63, 3.8) is 0 Å². The zero-order valence-electron chi connectivity index (χ0n) is 19.0. The molecule has 2 fully saturated rings. The first-order chi connectivity index (χ1) is 16.4. The average Bonchev–Trinajstić information content (AvgIpc) is 2.91. The molecule has 1 N–H and O–H groups in total. The molecule has 10 heteroatoms. The molecule has 2 aromatic rings. The second-order valence-electron chi connectivity index (χ2n) is 9.20. The van der Waals surface area contributed by atoms with Gasteiger partial charge >= 0.3 is 0 Å². The Hall–Kier alpha value is -2.56. The van der Waals surface area contributed by atoms with Crippen molar-refractivity contribution in [3.05, 3.63) is 42.5 Å². The van der Waals surface area contributed by atoms with Gasteiger partial charge in [0, 0.05) is 31.4 Å². The summed E-state index contributed by atoms with van der Waals surface area (Å²) >= 11 is 0. The van der Waals surface area contributed by atoms with Gasteiger partial charge in [0.25, 0.3) is 0 Å². The van der Waals surface area contributed by atoms with Gasteiger partial charge in [0.15, 0.2) is 0 Å². The summed E-state index contributed by atoms with van der Waals surface area (Å²) in [6, 6.07) is 8.15. The second-order valence-corrected chi connectivity index (χ2v) is 11.4. The Morgan fingerprint density at radius 2 is 1.94 bits per heavy atom. The summed E-state index contributed by atoms with van der Waals surface area (Å²) < 4.78 is 48.3. The number of carbonyl (C=O) groups excluding carboxylic acids is 1. The van der Waals surface area contributed by atoms with Crippen LogP contribution in [0.1, 0.15) is 32.1 Å². The number of nitrogens with zero attached hydrogens (tertiary/aromatic N) is 3. The Kier molecular flexibility index (Phi) is 6.54. The number of hydrogen-bond acceptors (Lipinski definition) is 6. The van der Waals surface area contributed by atoms with E-state index in [2.05, 4.69) is 10.3 Å². The fraction of sp³-hybridized carbons (Fsp3) is 0.500. The molecule has 182 valence electrons. The van der Waals surface area contributed by atoms with Gasteiger partial charge in [0.1, 0.15) is 12.4 Å². The average molecular weight is 489 g/mol. The summed E-state index contributed by atoms with van der Waals surface area (Å²) in [7, 11) is -3.37. The minimum Gasteiger partial charge on any atom is -0.490 e. The van der Waals surface area contributed by atoms with Crippen LogP contribution in [0.2, 0.25) is 0 Å². The third kappa shape index (κ3) is 4.67. The molecule has 1 aromatic carbocycles. The number of benzene rings is 1. The molecule has 3 aliphatic rings. The number of amides is 1. The number of aromatic nitrogens is 1. The molecule has 0 radical (unpaired) electrons. The second kappa shape index (κ2) is 9.59. The molecule has 0 spiro atoms. The summed E-state index contributed by atoms with van der Waals surface area (Å²) in [4.78, 5) is 18.5. The van der Waals surface area contributed by atoms with E-state index in [-0.39, 0.29) is 30.4 Å². The highest BCUT2D eigenvalue weighted by atomic mass is 32.2. The summed E-state index contributed by atoms with van der Waals surface area (Å²) in [6.07, 6.45) is 5.84. The SMILES string of the molecule is O=C1CN2CCN(S(=O)(=O)C3CCCCC3)C[C@@H]2COc2ccc(-c3cccnc3F)cc2N1. The molecule has 8 nitrogen and oxygen atoms in total. The van der Waals surface area contributed by atoms with Gasteiger partial charge in [-0.2, -0.15) is 8.70 Å². The van der Waals surface area contributed by atoms with E-state index in [0.717, 1.165) is 32.1 Å². The van der Waals surface area contributed by atoms with Crippen molar-refractivity contribution in [3.8, 4) is 16.9 Å². The van der Waals surface area contributed by atoms with Gasteiger partial charge in [0.2, 0.25) is 21.9 Å². The van der Waals surface area contributed by atoms with E-state index in [1.165, 1.54) is 6.20 Å². The molecule has 34 heavy (non-hydrogen) atoms. The summed E-state index contributed by atoms with van der Waals surface area (Å²) in [5.41, 5.74) is 1.37. The minimum atomic E-state index is -3.37. The number of hydrogen-bond donors (Lipinski definition) is 1. The van der Waals surface area contributed by atoms with Gasteiger partial charge in [-0.15, -0.1) is 0 Å². The standard InChI is InChI=1S/C24H29FN4O4S/c25-24-20(7-4-10-26-24)17-8-9-22-21(13-17)27-23(30)15-28-11-12-29(14-18(28)16-33-22)34(31,32)19-5-2-1-3-6-19/h4,7-10,13,18-19H,1-3,5-6,11-12,14-16H2,(H,27,30)/t18-/m1/s1. The van der Waals surface area contributed by atoms with Crippen molar-refractivity contribution in [2.75, 3.05) is 38.1 Å². The van der Waals surface area contributed by atoms with Crippen molar-refractivity contribution in [2.24, 2.45) is 0 Å². The van der Waals surface area contributed by atoms with Crippen LogP contribution in [0.5, 0.6) is 5.75 Å². The first kappa shape index (κ1) is 23.2. The van der Waals surface area contributed by atoms with Crippen LogP contribution in [0.3, 0.4) is 0 Å². The quantitative estimate of drug-likeness (QED) is 0.668. The molecule has 1 amide bonds. The van der Waals surface area contributed by atoms with Crippen LogP contribution in [0.4, 0.5) is 10.1 Å². The first-order valence-corrected chi connectivity index (χ1v) is 13.3. The normalized spacial score (nSPS) is 23.0. The highest BCUT2D eigenvalue weighted by Crippen LogP contribution is 2.33. The van der Waals surface area contributed by atoms with E-state index < -0.39 is 16.0 Å². The van der Waals surface area contributed by atoms with E-state index in [0.29, 0.717) is 42.2 Å². The number of ether oxygens (including phenoxy) is 1. The monoisotopic (exact) mass is 488 g/mol. The largest absolute Gasteiger partial charge is 0.490 e. The Balaban J connectivity index is 1.36. The summed E-state index contributed by atoms with van der Waals surface area (Å²) in [5, 5.41) is 2.57. The van der Waals surface area contributed by atoms with Crippen molar-refractivity contribution >= 4 is 21.6 Å². The highest BCUT2D eigenvalue weighted by molar-refractivity contribution is 7.89. The van der Waals surface area contributed by atoms with Crippen molar-refractivity contribution in [1.29, 1.82) is 0 Å². The van der Waals surface area contributed by atoms with Crippen LogP contribution in [0.25, 0.3) is 11.1 Å². The molecule has 3 heterocycles. The van der Waals surface area contributed by atoms with Crippen LogP contribution in [0, 0.1) is 5.95 Å². The lowest BCUT2D eigenvalue weighted by Crippen LogP contribution is -2.59.